The van der Waals surface area contributed by atoms with E-state index in [0.29, 0.717) is 0 Å². The Labute approximate surface area is 94.7 Å². The molecule has 90 valence electrons. The van der Waals surface area contributed by atoms with Crippen molar-refractivity contribution in [1.29, 1.82) is 0 Å². The Morgan fingerprint density at radius 1 is 1.27 bits per heavy atom. The van der Waals surface area contributed by atoms with Gasteiger partial charge in [-0.3, -0.25) is 0 Å². The van der Waals surface area contributed by atoms with Crippen LogP contribution in [0.2, 0.25) is 0 Å². The van der Waals surface area contributed by atoms with Crippen LogP contribution in [-0.2, 0) is 9.53 Å². The Balaban J connectivity index is 0. The molecule has 0 aromatic heterocycles. The van der Waals surface area contributed by atoms with Crippen LogP contribution < -0.4 is 0 Å². The zero-order valence-electron chi connectivity index (χ0n) is 10.6. The average molecular weight is 214 g/mol. The van der Waals surface area contributed by atoms with E-state index in [9.17, 15) is 0 Å². The molecule has 2 nitrogen and oxygen atoms in total. The van der Waals surface area contributed by atoms with Gasteiger partial charge in [0.1, 0.15) is 5.94 Å². The van der Waals surface area contributed by atoms with E-state index in [4.69, 9.17) is 9.53 Å². The van der Waals surface area contributed by atoms with Gasteiger partial charge in [-0.15, -0.1) is 0 Å². The normalized spacial score (nSPS) is 15.1. The highest BCUT2D eigenvalue weighted by molar-refractivity contribution is 5.38. The maximum atomic E-state index is 8.57. The van der Waals surface area contributed by atoms with Gasteiger partial charge in [0, 0.05) is 13.7 Å². The Bertz CT molecular complexity index is 129. The Morgan fingerprint density at radius 3 is 2.00 bits per heavy atom. The van der Waals surface area contributed by atoms with Crippen LogP contribution in [0.5, 0.6) is 0 Å². The van der Waals surface area contributed by atoms with Gasteiger partial charge >= 0.3 is 0 Å². The number of hydrogen-bond donors (Lipinski definition) is 0. The summed E-state index contributed by atoms with van der Waals surface area (Å²) in [6.07, 6.45) is 8.34. The molecule has 0 radical (unpaired) electrons. The van der Waals surface area contributed by atoms with E-state index in [1.165, 1.54) is 44.5 Å². The highest BCUT2D eigenvalue weighted by atomic mass is 16.5. The predicted octanol–water partition coefficient (Wildman–Crippen LogP) is 3.63. The molecule has 0 bridgehead atoms. The van der Waals surface area contributed by atoms with Crippen molar-refractivity contribution in [2.75, 3.05) is 13.7 Å². The minimum Gasteiger partial charge on any atom is -0.384 e. The van der Waals surface area contributed by atoms with Crippen molar-refractivity contribution in [3.8, 4) is 0 Å². The van der Waals surface area contributed by atoms with Crippen LogP contribution in [0.4, 0.5) is 0 Å². The van der Waals surface area contributed by atoms with Crippen molar-refractivity contribution in [3.63, 3.8) is 0 Å². The fourth-order valence-electron chi connectivity index (χ4n) is 1.59. The molecule has 1 aliphatic carbocycles. The van der Waals surface area contributed by atoms with Gasteiger partial charge in [0.2, 0.25) is 0 Å². The number of carbonyl (C=O) groups excluding carboxylic acids is 1. The lowest BCUT2D eigenvalue weighted by Gasteiger charge is -2.19. The van der Waals surface area contributed by atoms with E-state index in [-0.39, 0.29) is 0 Å². The van der Waals surface area contributed by atoms with E-state index in [0.717, 1.165) is 12.5 Å². The largest absolute Gasteiger partial charge is 0.384 e. The molecule has 1 saturated carbocycles. The summed E-state index contributed by atoms with van der Waals surface area (Å²) in [7, 11) is 1.80. The molecule has 0 heterocycles. The molecule has 1 fully saturated rings. The standard InChI is InChI=1S/C8H16O.C3H8.C2H2O/c1-9-7-8-5-3-2-4-6-8;1-3-2;1-2-3/h8H,2-7H2,1H3;3H2,1-2H3;1H2. The molecule has 0 atom stereocenters. The summed E-state index contributed by atoms with van der Waals surface area (Å²) in [5.41, 5.74) is 0. The monoisotopic (exact) mass is 214 g/mol. The van der Waals surface area contributed by atoms with Gasteiger partial charge in [0.25, 0.3) is 0 Å². The second-order valence-electron chi connectivity index (χ2n) is 3.81. The van der Waals surface area contributed by atoms with Crippen LogP contribution in [-0.4, -0.2) is 19.7 Å². The van der Waals surface area contributed by atoms with Crippen molar-refractivity contribution in [2.45, 2.75) is 52.4 Å². The van der Waals surface area contributed by atoms with E-state index in [2.05, 4.69) is 20.4 Å². The third kappa shape index (κ3) is 16.1. The van der Waals surface area contributed by atoms with Crippen LogP contribution in [0, 0.1) is 5.92 Å². The van der Waals surface area contributed by atoms with Gasteiger partial charge in [0.05, 0.1) is 0 Å². The second-order valence-corrected chi connectivity index (χ2v) is 3.81. The van der Waals surface area contributed by atoms with Gasteiger partial charge in [-0.05, 0) is 25.3 Å². The summed E-state index contributed by atoms with van der Waals surface area (Å²) < 4.78 is 5.08. The fourth-order valence-corrected chi connectivity index (χ4v) is 1.59. The molecule has 0 saturated heterocycles. The first-order valence-electron chi connectivity index (χ1n) is 5.89. The van der Waals surface area contributed by atoms with Gasteiger partial charge < -0.3 is 4.74 Å². The summed E-state index contributed by atoms with van der Waals surface area (Å²) in [6.45, 7) is 7.92. The summed E-state index contributed by atoms with van der Waals surface area (Å²) >= 11 is 0. The van der Waals surface area contributed by atoms with Gasteiger partial charge in [-0.25, -0.2) is 4.79 Å². The molecule has 2 heteroatoms. The number of ether oxygens (including phenoxy) is 1. The lowest BCUT2D eigenvalue weighted by Crippen LogP contribution is -2.11. The first-order valence-corrected chi connectivity index (χ1v) is 5.89. The van der Waals surface area contributed by atoms with E-state index in [1.807, 2.05) is 0 Å². The molecule has 1 rings (SSSR count). The average Bonchev–Trinajstić information content (AvgIpc) is 2.22. The number of methoxy groups -OCH3 is 1. The zero-order valence-corrected chi connectivity index (χ0v) is 10.6. The summed E-state index contributed by atoms with van der Waals surface area (Å²) in [4.78, 5) is 8.57. The maximum Gasteiger partial charge on any atom is 0.116 e. The van der Waals surface area contributed by atoms with Crippen LogP contribution in [0.25, 0.3) is 0 Å². The van der Waals surface area contributed by atoms with Crippen LogP contribution in [0.15, 0.2) is 6.58 Å². The highest BCUT2D eigenvalue weighted by Crippen LogP contribution is 2.23. The van der Waals surface area contributed by atoms with E-state index in [1.54, 1.807) is 7.11 Å². The van der Waals surface area contributed by atoms with E-state index < -0.39 is 0 Å². The smallest absolute Gasteiger partial charge is 0.116 e. The maximum absolute atomic E-state index is 8.57. The Morgan fingerprint density at radius 2 is 1.67 bits per heavy atom. The van der Waals surface area contributed by atoms with Gasteiger partial charge in [0.15, 0.2) is 0 Å². The van der Waals surface area contributed by atoms with Crippen molar-refractivity contribution in [1.82, 2.24) is 0 Å². The molecule has 0 N–H and O–H groups in total. The molecule has 0 unspecified atom stereocenters. The second kappa shape index (κ2) is 15.9. The number of rotatable bonds is 2. The first kappa shape index (κ1) is 16.8. The number of hydrogen-bond acceptors (Lipinski definition) is 2. The lowest BCUT2D eigenvalue weighted by molar-refractivity contribution is 0.131. The molecule has 15 heavy (non-hydrogen) atoms. The van der Waals surface area contributed by atoms with E-state index >= 15 is 0 Å². The molecule has 0 amide bonds. The predicted molar refractivity (Wildman–Crippen MR) is 65.7 cm³/mol. The highest BCUT2D eigenvalue weighted by Gasteiger charge is 2.11. The SMILES string of the molecule is C=C=O.CCC.COCC1CCCCC1. The Hall–Kier alpha value is -0.590. The zero-order chi connectivity index (χ0) is 11.9. The minimum absolute atomic E-state index is 0.878. The van der Waals surface area contributed by atoms with Crippen molar-refractivity contribution >= 4 is 5.94 Å². The molecule has 0 aromatic carbocycles. The first-order chi connectivity index (χ1) is 7.26. The molecule has 1 aliphatic rings. The van der Waals surface area contributed by atoms with Crippen LogP contribution in [0.3, 0.4) is 0 Å². The third-order valence-electron chi connectivity index (χ3n) is 2.13. The van der Waals surface area contributed by atoms with Crippen LogP contribution in [0.1, 0.15) is 52.4 Å². The van der Waals surface area contributed by atoms with Gasteiger partial charge in [-0.1, -0.05) is 39.5 Å². The summed E-state index contributed by atoms with van der Waals surface area (Å²) in [5.74, 6) is 2.13. The minimum atomic E-state index is 0.878. The Kier molecular flexibility index (Phi) is 17.8. The summed E-state index contributed by atoms with van der Waals surface area (Å²) in [5, 5.41) is 0. The quantitative estimate of drug-likeness (QED) is 0.656. The van der Waals surface area contributed by atoms with Crippen molar-refractivity contribution in [2.24, 2.45) is 5.92 Å². The van der Waals surface area contributed by atoms with Crippen molar-refractivity contribution < 1.29 is 9.53 Å². The topological polar surface area (TPSA) is 26.3 Å². The van der Waals surface area contributed by atoms with Crippen LogP contribution >= 0.6 is 0 Å². The van der Waals surface area contributed by atoms with Crippen molar-refractivity contribution in [3.05, 3.63) is 6.58 Å². The third-order valence-corrected chi connectivity index (χ3v) is 2.13. The molecule has 0 aromatic rings. The fraction of sp³-hybridized carbons (Fsp3) is 0.846. The lowest BCUT2D eigenvalue weighted by atomic mass is 9.90. The summed E-state index contributed by atoms with van der Waals surface area (Å²) in [6, 6.07) is 0. The molecule has 0 aliphatic heterocycles. The van der Waals surface area contributed by atoms with Gasteiger partial charge in [-0.2, -0.15) is 0 Å². The molecular weight excluding hydrogens is 188 g/mol. The molecular formula is C13H26O2. The molecule has 0 spiro atoms.